The van der Waals surface area contributed by atoms with Gasteiger partial charge in [0.15, 0.2) is 10.6 Å². The number of nitrogens with one attached hydrogen (secondary N) is 1. The number of pyridine rings is 1. The highest BCUT2D eigenvalue weighted by molar-refractivity contribution is 8.13. The lowest BCUT2D eigenvalue weighted by Crippen LogP contribution is -2.21. The topological polar surface area (TPSA) is 85.5 Å². The predicted octanol–water partition coefficient (Wildman–Crippen LogP) is 1.21. The third kappa shape index (κ3) is 3.53. The van der Waals surface area contributed by atoms with Crippen molar-refractivity contribution in [1.82, 2.24) is 4.98 Å². The summed E-state index contributed by atoms with van der Waals surface area (Å²) in [6.07, 6.45) is -5.08. The zero-order chi connectivity index (χ0) is 14.1. The highest BCUT2D eigenvalue weighted by Crippen LogP contribution is 2.31. The molecule has 1 rings (SSSR count). The van der Waals surface area contributed by atoms with Gasteiger partial charge in [-0.25, -0.2) is 8.42 Å². The SMILES string of the molecule is COc1[nH]c(=O)c(S(=O)(=O)Cl)cc1OC(F)(F)F. The molecule has 1 aromatic heterocycles. The molecule has 11 heteroatoms. The minimum atomic E-state index is -5.08. The Morgan fingerprint density at radius 1 is 1.39 bits per heavy atom. The lowest BCUT2D eigenvalue weighted by atomic mass is 10.4. The van der Waals surface area contributed by atoms with Gasteiger partial charge in [0.2, 0.25) is 5.88 Å². The molecule has 0 radical (unpaired) electrons. The van der Waals surface area contributed by atoms with E-state index in [-0.39, 0.29) is 0 Å². The van der Waals surface area contributed by atoms with Crippen LogP contribution in [0.3, 0.4) is 0 Å². The van der Waals surface area contributed by atoms with E-state index in [1.54, 1.807) is 4.98 Å². The standard InChI is InChI=1S/C7H5ClF3NO5S/c1-16-6-3(17-7(9,10)11)2-4(5(13)12-6)18(8,14)15/h2H,1H3,(H,12,13). The first-order chi connectivity index (χ1) is 8.04. The molecule has 0 bridgehead atoms. The molecule has 0 aromatic carbocycles. The number of alkyl halides is 3. The van der Waals surface area contributed by atoms with Crippen LogP contribution in [-0.4, -0.2) is 26.9 Å². The summed E-state index contributed by atoms with van der Waals surface area (Å²) in [5.41, 5.74) is -1.23. The van der Waals surface area contributed by atoms with Gasteiger partial charge in [0.25, 0.3) is 14.6 Å². The third-order valence-corrected chi connectivity index (χ3v) is 2.96. The summed E-state index contributed by atoms with van der Waals surface area (Å²) in [5, 5.41) is 0. The van der Waals surface area contributed by atoms with Crippen LogP contribution in [0.15, 0.2) is 15.8 Å². The monoisotopic (exact) mass is 307 g/mol. The van der Waals surface area contributed by atoms with Crippen molar-refractivity contribution in [2.24, 2.45) is 0 Å². The molecule has 0 atom stereocenters. The molecule has 1 heterocycles. The first-order valence-electron chi connectivity index (χ1n) is 4.06. The van der Waals surface area contributed by atoms with Crippen molar-refractivity contribution in [2.45, 2.75) is 11.3 Å². The molecular weight excluding hydrogens is 303 g/mol. The summed E-state index contributed by atoms with van der Waals surface area (Å²) in [6.45, 7) is 0. The first kappa shape index (κ1) is 14.6. The molecule has 18 heavy (non-hydrogen) atoms. The van der Waals surface area contributed by atoms with Crippen molar-refractivity contribution in [1.29, 1.82) is 0 Å². The molecule has 0 unspecified atom stereocenters. The van der Waals surface area contributed by atoms with Crippen molar-refractivity contribution in [3.63, 3.8) is 0 Å². The Bertz CT molecular complexity index is 608. The molecule has 0 fully saturated rings. The van der Waals surface area contributed by atoms with E-state index < -0.39 is 37.5 Å². The molecule has 0 aliphatic rings. The van der Waals surface area contributed by atoms with Crippen molar-refractivity contribution in [3.8, 4) is 11.6 Å². The summed E-state index contributed by atoms with van der Waals surface area (Å²) in [4.78, 5) is 11.9. The maximum atomic E-state index is 12.0. The van der Waals surface area contributed by atoms with Gasteiger partial charge in [-0.2, -0.15) is 0 Å². The average molecular weight is 308 g/mol. The summed E-state index contributed by atoms with van der Waals surface area (Å²) in [7, 11) is 1.33. The number of hydrogen-bond acceptors (Lipinski definition) is 5. The first-order valence-corrected chi connectivity index (χ1v) is 6.37. The quantitative estimate of drug-likeness (QED) is 0.848. The van der Waals surface area contributed by atoms with Crippen molar-refractivity contribution >= 4 is 19.7 Å². The van der Waals surface area contributed by atoms with Gasteiger partial charge in [-0.15, -0.1) is 13.2 Å². The van der Waals surface area contributed by atoms with Crippen molar-refractivity contribution in [2.75, 3.05) is 7.11 Å². The van der Waals surface area contributed by atoms with E-state index in [1.165, 1.54) is 0 Å². The van der Waals surface area contributed by atoms with Gasteiger partial charge in [-0.3, -0.25) is 9.78 Å². The largest absolute Gasteiger partial charge is 0.573 e. The summed E-state index contributed by atoms with van der Waals surface area (Å²) in [5.74, 6) is -1.70. The van der Waals surface area contributed by atoms with Crippen molar-refractivity contribution in [3.05, 3.63) is 16.4 Å². The number of halogens is 4. The van der Waals surface area contributed by atoms with Crippen LogP contribution in [0, 0.1) is 0 Å². The summed E-state index contributed by atoms with van der Waals surface area (Å²) in [6, 6.07) is 0.327. The molecule has 0 aliphatic carbocycles. The van der Waals surface area contributed by atoms with E-state index in [0.717, 1.165) is 7.11 Å². The molecule has 1 N–H and O–H groups in total. The fourth-order valence-electron chi connectivity index (χ4n) is 1.01. The summed E-state index contributed by atoms with van der Waals surface area (Å²) < 4.78 is 65.9. The van der Waals surface area contributed by atoms with Gasteiger partial charge >= 0.3 is 6.36 Å². The van der Waals surface area contributed by atoms with E-state index in [9.17, 15) is 26.4 Å². The van der Waals surface area contributed by atoms with Crippen LogP contribution in [0.2, 0.25) is 0 Å². The number of hydrogen-bond donors (Lipinski definition) is 1. The number of aromatic nitrogens is 1. The van der Waals surface area contributed by atoms with Gasteiger partial charge in [-0.05, 0) is 0 Å². The van der Waals surface area contributed by atoms with Gasteiger partial charge in [0.05, 0.1) is 7.11 Å². The van der Waals surface area contributed by atoms with Crippen LogP contribution in [0.4, 0.5) is 13.2 Å². The fourth-order valence-corrected chi connectivity index (χ4v) is 1.87. The molecule has 0 saturated carbocycles. The van der Waals surface area contributed by atoms with Gasteiger partial charge in [0.1, 0.15) is 0 Å². The number of aromatic amines is 1. The fraction of sp³-hybridized carbons (Fsp3) is 0.286. The van der Waals surface area contributed by atoms with Crippen LogP contribution in [0.5, 0.6) is 11.6 Å². The molecule has 0 amide bonds. The van der Waals surface area contributed by atoms with E-state index in [2.05, 4.69) is 9.47 Å². The van der Waals surface area contributed by atoms with E-state index in [4.69, 9.17) is 10.7 Å². The minimum absolute atomic E-state index is 0.327. The highest BCUT2D eigenvalue weighted by atomic mass is 35.7. The number of rotatable bonds is 3. The van der Waals surface area contributed by atoms with E-state index in [1.807, 2.05) is 0 Å². The zero-order valence-electron chi connectivity index (χ0n) is 8.54. The van der Waals surface area contributed by atoms with Gasteiger partial charge in [0, 0.05) is 16.7 Å². The molecule has 1 aromatic rings. The summed E-state index contributed by atoms with van der Waals surface area (Å²) >= 11 is 0. The molecule has 102 valence electrons. The van der Waals surface area contributed by atoms with Crippen molar-refractivity contribution < 1.29 is 31.1 Å². The lowest BCUT2D eigenvalue weighted by Gasteiger charge is -2.12. The second-order valence-corrected chi connectivity index (χ2v) is 5.38. The van der Waals surface area contributed by atoms with Crippen LogP contribution in [0.25, 0.3) is 0 Å². The maximum Gasteiger partial charge on any atom is 0.573 e. The maximum absolute atomic E-state index is 12.0. The molecule has 6 nitrogen and oxygen atoms in total. The van der Waals surface area contributed by atoms with Gasteiger partial charge < -0.3 is 9.47 Å². The molecule has 0 spiro atoms. The Balaban J connectivity index is 3.46. The predicted molar refractivity (Wildman–Crippen MR) is 53.3 cm³/mol. The van der Waals surface area contributed by atoms with Gasteiger partial charge in [-0.1, -0.05) is 0 Å². The Hall–Kier alpha value is -1.42. The Kier molecular flexibility index (Phi) is 3.81. The number of ether oxygens (including phenoxy) is 2. The Morgan fingerprint density at radius 2 is 1.94 bits per heavy atom. The minimum Gasteiger partial charge on any atom is -0.480 e. The molecular formula is C7H5ClF3NO5S. The molecule has 0 saturated heterocycles. The third-order valence-electron chi connectivity index (χ3n) is 1.63. The Labute approximate surface area is 103 Å². The second-order valence-electron chi connectivity index (χ2n) is 2.85. The zero-order valence-corrected chi connectivity index (χ0v) is 10.1. The van der Waals surface area contributed by atoms with Crippen LogP contribution in [0.1, 0.15) is 0 Å². The normalized spacial score (nSPS) is 12.3. The highest BCUT2D eigenvalue weighted by Gasteiger charge is 2.34. The van der Waals surface area contributed by atoms with Crippen LogP contribution in [-0.2, 0) is 9.05 Å². The lowest BCUT2D eigenvalue weighted by molar-refractivity contribution is -0.275. The Morgan fingerprint density at radius 3 is 2.33 bits per heavy atom. The van der Waals surface area contributed by atoms with E-state index in [0.29, 0.717) is 6.07 Å². The van der Waals surface area contributed by atoms with E-state index >= 15 is 0 Å². The van der Waals surface area contributed by atoms with Crippen LogP contribution < -0.4 is 15.0 Å². The second kappa shape index (κ2) is 4.69. The molecule has 0 aliphatic heterocycles. The number of methoxy groups -OCH3 is 1. The average Bonchev–Trinajstić information content (AvgIpc) is 2.16. The smallest absolute Gasteiger partial charge is 0.480 e. The number of H-pyrrole nitrogens is 1. The van der Waals surface area contributed by atoms with Crippen LogP contribution >= 0.6 is 10.7 Å².